The first-order valence-electron chi connectivity index (χ1n) is 17.9. The van der Waals surface area contributed by atoms with Gasteiger partial charge in [0.2, 0.25) is 21.8 Å². The first-order valence-corrected chi connectivity index (χ1v) is 19.3. The van der Waals surface area contributed by atoms with Gasteiger partial charge in [0.05, 0.1) is 4.90 Å². The second-order valence-electron chi connectivity index (χ2n) is 15.1. The third kappa shape index (κ3) is 7.42. The lowest BCUT2D eigenvalue weighted by Gasteiger charge is -2.49. The Balaban J connectivity index is 0.888. The summed E-state index contributed by atoms with van der Waals surface area (Å²) >= 11 is 0. The summed E-state index contributed by atoms with van der Waals surface area (Å²) < 4.78 is 34.1. The third-order valence-corrected chi connectivity index (χ3v) is 12.5. The number of piperazine rings is 1. The summed E-state index contributed by atoms with van der Waals surface area (Å²) in [5.74, 6) is -0.862. The number of ether oxygens (including phenoxy) is 1. The van der Waals surface area contributed by atoms with Crippen LogP contribution in [0.25, 0.3) is 0 Å². The minimum atomic E-state index is -3.68. The van der Waals surface area contributed by atoms with Crippen LogP contribution in [-0.2, 0) is 30.9 Å². The van der Waals surface area contributed by atoms with E-state index in [9.17, 15) is 27.6 Å². The van der Waals surface area contributed by atoms with Gasteiger partial charge in [-0.2, -0.15) is 4.31 Å². The number of nitrogens with one attached hydrogen (secondary N) is 2. The molecule has 5 heterocycles. The van der Waals surface area contributed by atoms with Gasteiger partial charge < -0.3 is 24.8 Å². The lowest BCUT2D eigenvalue weighted by molar-refractivity contribution is -0.136. The van der Waals surface area contributed by atoms with E-state index in [4.69, 9.17) is 4.74 Å². The molecule has 5 aliphatic rings. The number of imide groups is 1. The number of nitrogens with zero attached hydrogens (tertiary/aromatic N) is 5. The summed E-state index contributed by atoms with van der Waals surface area (Å²) in [6, 6.07) is 12.7. The summed E-state index contributed by atoms with van der Waals surface area (Å²) in [5, 5.41) is 5.22. The Morgan fingerprint density at radius 3 is 2.27 bits per heavy atom. The molecule has 51 heavy (non-hydrogen) atoms. The van der Waals surface area contributed by atoms with Crippen LogP contribution in [0, 0.1) is 0 Å². The van der Waals surface area contributed by atoms with E-state index in [1.165, 1.54) is 4.31 Å². The summed E-state index contributed by atoms with van der Waals surface area (Å²) in [6.45, 7) is 11.5. The number of carbonyl (C=O) groups is 4. The standard InChI is InChI=1S/C36H47N7O7S/c1-36(2,3)50-35(47)37-25-11-13-42(14-12-25)51(48,49)29-6-4-5-26(20-29)39-15-17-40(18-16-39)28-22-41(23-28)27-7-8-30-24(19-27)21-43(34(30)46)31-9-10-32(44)38-33(31)45/h4-8,19-20,25,28,31H,9-18,21-23H2,1-3H3,(H,37,47)(H,38,44,45). The van der Waals surface area contributed by atoms with Crippen LogP contribution in [0.2, 0.25) is 0 Å². The van der Waals surface area contributed by atoms with Crippen LogP contribution < -0.4 is 20.4 Å². The molecule has 0 saturated carbocycles. The van der Waals surface area contributed by atoms with Gasteiger partial charge in [0.15, 0.2) is 0 Å². The molecule has 0 bridgehead atoms. The van der Waals surface area contributed by atoms with Crippen molar-refractivity contribution in [1.29, 1.82) is 0 Å². The van der Waals surface area contributed by atoms with E-state index in [-0.39, 0.29) is 29.2 Å². The molecule has 2 aromatic rings. The number of benzene rings is 2. The average Bonchev–Trinajstić information content (AvgIpc) is 3.39. The summed E-state index contributed by atoms with van der Waals surface area (Å²) in [5.41, 5.74) is 2.88. The Labute approximate surface area is 299 Å². The number of amides is 4. The molecule has 0 aromatic heterocycles. The fourth-order valence-corrected chi connectivity index (χ4v) is 9.21. The van der Waals surface area contributed by atoms with Gasteiger partial charge in [-0.05, 0) is 82.0 Å². The number of anilines is 2. The highest BCUT2D eigenvalue weighted by Crippen LogP contribution is 2.33. The van der Waals surface area contributed by atoms with Crippen LogP contribution >= 0.6 is 0 Å². The first-order chi connectivity index (χ1) is 24.2. The topological polar surface area (TPSA) is 152 Å². The summed E-state index contributed by atoms with van der Waals surface area (Å²) in [6.07, 6.45) is 1.14. The Morgan fingerprint density at radius 2 is 1.59 bits per heavy atom. The first kappa shape index (κ1) is 35.2. The van der Waals surface area contributed by atoms with Gasteiger partial charge in [-0.15, -0.1) is 0 Å². The van der Waals surface area contributed by atoms with Crippen molar-refractivity contribution >= 4 is 45.2 Å². The van der Waals surface area contributed by atoms with Crippen LogP contribution in [0.3, 0.4) is 0 Å². The molecular formula is C36H47N7O7S. The SMILES string of the molecule is CC(C)(C)OC(=O)NC1CCN(S(=O)(=O)c2cccc(N3CCN(C4CN(c5ccc6c(c5)CN(C5CCC(=O)NC5=O)C6=O)C4)CC3)c2)CC1. The van der Waals surface area contributed by atoms with Gasteiger partial charge in [0, 0.05) is 94.3 Å². The van der Waals surface area contributed by atoms with E-state index in [1.807, 2.05) is 45.0 Å². The molecule has 2 aromatic carbocycles. The van der Waals surface area contributed by atoms with Crippen molar-refractivity contribution in [2.75, 3.05) is 62.2 Å². The second kappa shape index (κ2) is 13.7. The molecule has 1 atom stereocenters. The molecule has 4 amide bonds. The van der Waals surface area contributed by atoms with Crippen LogP contribution in [-0.4, -0.2) is 122 Å². The average molecular weight is 722 g/mol. The predicted octanol–water partition coefficient (Wildman–Crippen LogP) is 2.14. The third-order valence-electron chi connectivity index (χ3n) is 10.6. The maximum Gasteiger partial charge on any atom is 0.407 e. The predicted molar refractivity (Wildman–Crippen MR) is 190 cm³/mol. The van der Waals surface area contributed by atoms with Gasteiger partial charge in [-0.1, -0.05) is 6.07 Å². The normalized spacial score (nSPS) is 22.8. The Hall–Kier alpha value is -4.21. The number of hydrogen-bond donors (Lipinski definition) is 2. The lowest BCUT2D eigenvalue weighted by atomic mass is 10.0. The monoisotopic (exact) mass is 721 g/mol. The molecule has 0 spiro atoms. The lowest BCUT2D eigenvalue weighted by Crippen LogP contribution is -2.63. The minimum absolute atomic E-state index is 0.131. The summed E-state index contributed by atoms with van der Waals surface area (Å²) in [4.78, 5) is 58.1. The minimum Gasteiger partial charge on any atom is -0.444 e. The van der Waals surface area contributed by atoms with Crippen molar-refractivity contribution < 1.29 is 32.3 Å². The largest absolute Gasteiger partial charge is 0.444 e. The Bertz CT molecular complexity index is 1810. The molecule has 5 aliphatic heterocycles. The van der Waals surface area contributed by atoms with Crippen LogP contribution in [0.1, 0.15) is 62.4 Å². The van der Waals surface area contributed by atoms with Crippen molar-refractivity contribution in [1.82, 2.24) is 24.7 Å². The van der Waals surface area contributed by atoms with Crippen LogP contribution in [0.5, 0.6) is 0 Å². The zero-order valence-corrected chi connectivity index (χ0v) is 30.3. The molecule has 0 aliphatic carbocycles. The molecule has 2 N–H and O–H groups in total. The maximum absolute atomic E-state index is 13.6. The smallest absolute Gasteiger partial charge is 0.407 e. The molecule has 7 rings (SSSR count). The molecule has 1 unspecified atom stereocenters. The van der Waals surface area contributed by atoms with Crippen molar-refractivity contribution in [2.24, 2.45) is 0 Å². The Morgan fingerprint density at radius 1 is 0.882 bits per heavy atom. The highest BCUT2D eigenvalue weighted by Gasteiger charge is 2.40. The fraction of sp³-hybridized carbons (Fsp3) is 0.556. The van der Waals surface area contributed by atoms with Gasteiger partial charge in [0.25, 0.3) is 5.91 Å². The highest BCUT2D eigenvalue weighted by molar-refractivity contribution is 7.89. The molecule has 15 heteroatoms. The van der Waals surface area contributed by atoms with Gasteiger partial charge >= 0.3 is 6.09 Å². The number of rotatable bonds is 7. The molecule has 0 radical (unpaired) electrons. The van der Waals surface area contributed by atoms with E-state index < -0.39 is 33.7 Å². The number of hydrogen-bond acceptors (Lipinski definition) is 10. The fourth-order valence-electron chi connectivity index (χ4n) is 7.70. The van der Waals surface area contributed by atoms with Gasteiger partial charge in [0.1, 0.15) is 11.6 Å². The zero-order chi connectivity index (χ0) is 36.1. The second-order valence-corrected chi connectivity index (χ2v) is 17.1. The maximum atomic E-state index is 13.6. The van der Waals surface area contributed by atoms with Gasteiger partial charge in [-0.3, -0.25) is 24.6 Å². The highest BCUT2D eigenvalue weighted by atomic mass is 32.2. The van der Waals surface area contributed by atoms with Crippen molar-refractivity contribution in [2.45, 2.75) is 81.6 Å². The van der Waals surface area contributed by atoms with E-state index in [1.54, 1.807) is 17.0 Å². The van der Waals surface area contributed by atoms with Crippen molar-refractivity contribution in [3.8, 4) is 0 Å². The van der Waals surface area contributed by atoms with Gasteiger partial charge in [-0.25, -0.2) is 13.2 Å². The number of fused-ring (bicyclic) bond motifs is 1. The molecule has 4 fully saturated rings. The van der Waals surface area contributed by atoms with E-state index in [0.717, 1.165) is 56.2 Å². The van der Waals surface area contributed by atoms with Crippen molar-refractivity contribution in [3.63, 3.8) is 0 Å². The van der Waals surface area contributed by atoms with E-state index in [2.05, 4.69) is 31.4 Å². The number of carbonyl (C=O) groups excluding carboxylic acids is 4. The number of alkyl carbamates (subject to hydrolysis) is 1. The van der Waals surface area contributed by atoms with Crippen LogP contribution in [0.15, 0.2) is 47.4 Å². The molecular weight excluding hydrogens is 675 g/mol. The Kier molecular flexibility index (Phi) is 9.48. The number of piperidine rings is 2. The molecule has 4 saturated heterocycles. The van der Waals surface area contributed by atoms with E-state index in [0.29, 0.717) is 50.5 Å². The number of sulfonamides is 1. The zero-order valence-electron chi connectivity index (χ0n) is 29.5. The van der Waals surface area contributed by atoms with Crippen molar-refractivity contribution in [3.05, 3.63) is 53.6 Å². The van der Waals surface area contributed by atoms with E-state index >= 15 is 0 Å². The van der Waals surface area contributed by atoms with Crippen LogP contribution in [0.4, 0.5) is 16.2 Å². The quantitative estimate of drug-likeness (QED) is 0.407. The summed E-state index contributed by atoms with van der Waals surface area (Å²) in [7, 11) is -3.68. The molecule has 14 nitrogen and oxygen atoms in total. The molecule has 274 valence electrons.